The Bertz CT molecular complexity index is 456. The first-order valence-corrected chi connectivity index (χ1v) is 5.00. The molecule has 0 saturated heterocycles. The van der Waals surface area contributed by atoms with Gasteiger partial charge < -0.3 is 5.11 Å². The number of benzene rings is 1. The van der Waals surface area contributed by atoms with Crippen molar-refractivity contribution in [3.8, 4) is 11.3 Å². The number of nitrogens with zero attached hydrogens (tertiary/aromatic N) is 1. The third-order valence-electron chi connectivity index (χ3n) is 2.18. The first-order valence-electron chi connectivity index (χ1n) is 4.62. The van der Waals surface area contributed by atoms with Gasteiger partial charge in [-0.25, -0.2) is 0 Å². The number of rotatable bonds is 2. The quantitative estimate of drug-likeness (QED) is 0.843. The van der Waals surface area contributed by atoms with Crippen molar-refractivity contribution in [2.24, 2.45) is 0 Å². The predicted octanol–water partition coefficient (Wildman–Crippen LogP) is 2.89. The Morgan fingerprint density at radius 1 is 1.20 bits per heavy atom. The van der Waals surface area contributed by atoms with Crippen LogP contribution >= 0.6 is 11.6 Å². The number of aliphatic hydroxyl groups excluding tert-OH is 1. The molecule has 0 spiro atoms. The molecule has 0 atom stereocenters. The summed E-state index contributed by atoms with van der Waals surface area (Å²) in [6, 6.07) is 11.1. The van der Waals surface area contributed by atoms with Gasteiger partial charge >= 0.3 is 0 Å². The molecule has 1 N–H and O–H groups in total. The Morgan fingerprint density at radius 3 is 2.73 bits per heavy atom. The summed E-state index contributed by atoms with van der Waals surface area (Å²) >= 11 is 5.85. The van der Waals surface area contributed by atoms with Gasteiger partial charge in [-0.3, -0.25) is 4.98 Å². The highest BCUT2D eigenvalue weighted by Crippen LogP contribution is 2.24. The Kier molecular flexibility index (Phi) is 2.99. The molecule has 0 saturated carbocycles. The summed E-state index contributed by atoms with van der Waals surface area (Å²) in [5, 5.41) is 9.84. The third kappa shape index (κ3) is 2.17. The van der Waals surface area contributed by atoms with Crippen LogP contribution in [-0.4, -0.2) is 10.1 Å². The molecule has 1 heterocycles. The van der Waals surface area contributed by atoms with E-state index in [1.807, 2.05) is 24.3 Å². The fourth-order valence-electron chi connectivity index (χ4n) is 1.47. The van der Waals surface area contributed by atoms with Crippen LogP contribution in [0, 0.1) is 0 Å². The van der Waals surface area contributed by atoms with Crippen molar-refractivity contribution in [2.75, 3.05) is 0 Å². The highest BCUT2D eigenvalue weighted by atomic mass is 35.5. The minimum atomic E-state index is -0.0353. The normalized spacial score (nSPS) is 10.3. The Morgan fingerprint density at radius 2 is 2.07 bits per heavy atom. The number of pyridine rings is 1. The fraction of sp³-hybridized carbons (Fsp3) is 0.0833. The van der Waals surface area contributed by atoms with Crippen molar-refractivity contribution in [3.05, 3.63) is 53.2 Å². The molecule has 2 rings (SSSR count). The van der Waals surface area contributed by atoms with E-state index in [0.29, 0.717) is 5.02 Å². The molecule has 0 bridgehead atoms. The molecule has 3 heteroatoms. The van der Waals surface area contributed by atoms with E-state index in [9.17, 15) is 5.11 Å². The van der Waals surface area contributed by atoms with E-state index >= 15 is 0 Å². The largest absolute Gasteiger partial charge is 0.392 e. The van der Waals surface area contributed by atoms with E-state index < -0.39 is 0 Å². The second-order valence-electron chi connectivity index (χ2n) is 3.17. The maximum atomic E-state index is 9.22. The summed E-state index contributed by atoms with van der Waals surface area (Å²) in [4.78, 5) is 4.23. The van der Waals surface area contributed by atoms with E-state index in [-0.39, 0.29) is 6.61 Å². The SMILES string of the molecule is OCc1cc(Cl)ccc1-c1ccccn1. The molecular weight excluding hydrogens is 210 g/mol. The highest BCUT2D eigenvalue weighted by Gasteiger charge is 2.05. The highest BCUT2D eigenvalue weighted by molar-refractivity contribution is 6.30. The van der Waals surface area contributed by atoms with Crippen molar-refractivity contribution in [1.82, 2.24) is 4.98 Å². The molecule has 76 valence electrons. The van der Waals surface area contributed by atoms with Crippen molar-refractivity contribution in [1.29, 1.82) is 0 Å². The van der Waals surface area contributed by atoms with Crippen molar-refractivity contribution in [2.45, 2.75) is 6.61 Å². The summed E-state index contributed by atoms with van der Waals surface area (Å²) in [5.74, 6) is 0. The van der Waals surface area contributed by atoms with Gasteiger partial charge in [-0.05, 0) is 29.8 Å². The molecular formula is C12H10ClNO. The van der Waals surface area contributed by atoms with Gasteiger partial charge in [-0.2, -0.15) is 0 Å². The third-order valence-corrected chi connectivity index (χ3v) is 2.41. The molecule has 1 aromatic heterocycles. The number of aromatic nitrogens is 1. The Balaban J connectivity index is 2.53. The average Bonchev–Trinajstić information content (AvgIpc) is 2.30. The van der Waals surface area contributed by atoms with Gasteiger partial charge in [0.15, 0.2) is 0 Å². The number of halogens is 1. The van der Waals surface area contributed by atoms with Gasteiger partial charge in [0.1, 0.15) is 0 Å². The van der Waals surface area contributed by atoms with Crippen LogP contribution in [0.25, 0.3) is 11.3 Å². The van der Waals surface area contributed by atoms with E-state index in [1.54, 1.807) is 18.3 Å². The first-order chi connectivity index (χ1) is 7.31. The molecule has 1 aromatic carbocycles. The molecule has 0 aliphatic carbocycles. The van der Waals surface area contributed by atoms with E-state index in [0.717, 1.165) is 16.8 Å². The number of aliphatic hydroxyl groups is 1. The smallest absolute Gasteiger partial charge is 0.0705 e. The van der Waals surface area contributed by atoms with Gasteiger partial charge in [0.05, 0.1) is 12.3 Å². The zero-order chi connectivity index (χ0) is 10.7. The summed E-state index contributed by atoms with van der Waals surface area (Å²) in [6.45, 7) is -0.0353. The molecule has 0 amide bonds. The van der Waals surface area contributed by atoms with Crippen molar-refractivity contribution >= 4 is 11.6 Å². The molecule has 0 radical (unpaired) electrons. The summed E-state index contributed by atoms with van der Waals surface area (Å²) < 4.78 is 0. The van der Waals surface area contributed by atoms with Crippen LogP contribution in [-0.2, 0) is 6.61 Å². The van der Waals surface area contributed by atoms with Gasteiger partial charge in [0.2, 0.25) is 0 Å². The second kappa shape index (κ2) is 4.43. The van der Waals surface area contributed by atoms with Crippen molar-refractivity contribution < 1.29 is 5.11 Å². The van der Waals surface area contributed by atoms with Gasteiger partial charge in [-0.1, -0.05) is 23.7 Å². The molecule has 0 fully saturated rings. The molecule has 0 unspecified atom stereocenters. The Labute approximate surface area is 93.2 Å². The van der Waals surface area contributed by atoms with E-state index in [2.05, 4.69) is 4.98 Å². The summed E-state index contributed by atoms with van der Waals surface area (Å²) in [6.07, 6.45) is 1.73. The number of hydrogen-bond donors (Lipinski definition) is 1. The number of hydrogen-bond acceptors (Lipinski definition) is 2. The van der Waals surface area contributed by atoms with Crippen LogP contribution < -0.4 is 0 Å². The van der Waals surface area contributed by atoms with Crippen LogP contribution in [0.4, 0.5) is 0 Å². The Hall–Kier alpha value is -1.38. The lowest BCUT2D eigenvalue weighted by Gasteiger charge is -2.06. The van der Waals surface area contributed by atoms with E-state index in [4.69, 9.17) is 11.6 Å². The summed E-state index contributed by atoms with van der Waals surface area (Å²) in [7, 11) is 0. The molecule has 15 heavy (non-hydrogen) atoms. The van der Waals surface area contributed by atoms with Crippen LogP contribution in [0.5, 0.6) is 0 Å². The lowest BCUT2D eigenvalue weighted by Crippen LogP contribution is -1.91. The lowest BCUT2D eigenvalue weighted by molar-refractivity contribution is 0.282. The minimum absolute atomic E-state index is 0.0353. The van der Waals surface area contributed by atoms with Crippen LogP contribution in [0.1, 0.15) is 5.56 Å². The van der Waals surface area contributed by atoms with Gasteiger partial charge in [-0.15, -0.1) is 0 Å². The predicted molar refractivity (Wildman–Crippen MR) is 60.6 cm³/mol. The summed E-state index contributed by atoms with van der Waals surface area (Å²) in [5.41, 5.74) is 2.56. The topological polar surface area (TPSA) is 33.1 Å². The maximum Gasteiger partial charge on any atom is 0.0705 e. The average molecular weight is 220 g/mol. The van der Waals surface area contributed by atoms with Gasteiger partial charge in [0.25, 0.3) is 0 Å². The van der Waals surface area contributed by atoms with Gasteiger partial charge in [0, 0.05) is 16.8 Å². The van der Waals surface area contributed by atoms with E-state index in [1.165, 1.54) is 0 Å². The molecule has 2 nitrogen and oxygen atoms in total. The van der Waals surface area contributed by atoms with Crippen LogP contribution in [0.3, 0.4) is 0 Å². The van der Waals surface area contributed by atoms with Crippen LogP contribution in [0.2, 0.25) is 5.02 Å². The standard InChI is InChI=1S/C12H10ClNO/c13-10-4-5-11(9(7-10)8-15)12-3-1-2-6-14-12/h1-7,15H,8H2. The molecule has 0 aliphatic heterocycles. The molecule has 2 aromatic rings. The maximum absolute atomic E-state index is 9.22. The first kappa shape index (κ1) is 10.1. The monoisotopic (exact) mass is 219 g/mol. The minimum Gasteiger partial charge on any atom is -0.392 e. The lowest BCUT2D eigenvalue weighted by atomic mass is 10.0. The fourth-order valence-corrected chi connectivity index (χ4v) is 1.66. The second-order valence-corrected chi connectivity index (χ2v) is 3.61. The van der Waals surface area contributed by atoms with Crippen LogP contribution in [0.15, 0.2) is 42.6 Å². The molecule has 0 aliphatic rings. The zero-order valence-corrected chi connectivity index (χ0v) is 8.78. The zero-order valence-electron chi connectivity index (χ0n) is 8.02. The van der Waals surface area contributed by atoms with Crippen molar-refractivity contribution in [3.63, 3.8) is 0 Å².